The summed E-state index contributed by atoms with van der Waals surface area (Å²) in [6, 6.07) is 0. The van der Waals surface area contributed by atoms with E-state index < -0.39 is 0 Å². The zero-order valence-electron chi connectivity index (χ0n) is 8.40. The number of hydrogen-bond acceptors (Lipinski definition) is 5. The lowest BCUT2D eigenvalue weighted by Gasteiger charge is -2.06. The van der Waals surface area contributed by atoms with Gasteiger partial charge in [0.25, 0.3) is 0 Å². The monoisotopic (exact) mass is 213 g/mol. The molecule has 0 amide bonds. The lowest BCUT2D eigenvalue weighted by atomic mass is 10.3. The Balaban J connectivity index is 2.36. The molecule has 78 valence electrons. The van der Waals surface area contributed by atoms with Crippen molar-refractivity contribution in [3.63, 3.8) is 0 Å². The van der Waals surface area contributed by atoms with Crippen LogP contribution >= 0.6 is 11.8 Å². The lowest BCUT2D eigenvalue weighted by molar-refractivity contribution is 0.191. The highest BCUT2D eigenvalue weighted by Crippen LogP contribution is 2.06. The standard InChI is InChI=1S/C9H15N3OS/c1-7(13)3-10-4-8-5-11-9(14-2)12-6-8/h5-7,10,13H,3-4H2,1-2H3/t7-/m1/s1. The first-order valence-corrected chi connectivity index (χ1v) is 5.68. The number of nitrogens with one attached hydrogen (secondary N) is 1. The summed E-state index contributed by atoms with van der Waals surface area (Å²) in [5, 5.41) is 12.9. The fraction of sp³-hybridized carbons (Fsp3) is 0.556. The third-order valence-corrected chi connectivity index (χ3v) is 2.21. The van der Waals surface area contributed by atoms with E-state index >= 15 is 0 Å². The van der Waals surface area contributed by atoms with Crippen molar-refractivity contribution < 1.29 is 5.11 Å². The fourth-order valence-electron chi connectivity index (χ4n) is 0.965. The molecule has 1 heterocycles. The molecule has 1 atom stereocenters. The molecular weight excluding hydrogens is 198 g/mol. The molecule has 1 aromatic rings. The predicted molar refractivity (Wildman–Crippen MR) is 57.2 cm³/mol. The summed E-state index contributed by atoms with van der Waals surface area (Å²) in [6.07, 6.45) is 5.23. The number of aliphatic hydroxyl groups is 1. The Kier molecular flexibility index (Phi) is 4.86. The van der Waals surface area contributed by atoms with Gasteiger partial charge >= 0.3 is 0 Å². The van der Waals surface area contributed by atoms with Gasteiger partial charge in [-0.3, -0.25) is 0 Å². The Morgan fingerprint density at radius 2 is 2.14 bits per heavy atom. The van der Waals surface area contributed by atoms with Crippen molar-refractivity contribution in [2.75, 3.05) is 12.8 Å². The maximum Gasteiger partial charge on any atom is 0.187 e. The van der Waals surface area contributed by atoms with Gasteiger partial charge in [0.15, 0.2) is 5.16 Å². The second kappa shape index (κ2) is 5.95. The average molecular weight is 213 g/mol. The molecule has 4 nitrogen and oxygen atoms in total. The highest BCUT2D eigenvalue weighted by molar-refractivity contribution is 7.98. The van der Waals surface area contributed by atoms with Crippen LogP contribution in [0.1, 0.15) is 12.5 Å². The van der Waals surface area contributed by atoms with Crippen molar-refractivity contribution in [1.82, 2.24) is 15.3 Å². The molecule has 0 saturated carbocycles. The van der Waals surface area contributed by atoms with Gasteiger partial charge < -0.3 is 10.4 Å². The van der Waals surface area contributed by atoms with Gasteiger partial charge in [-0.1, -0.05) is 11.8 Å². The van der Waals surface area contributed by atoms with Crippen LogP contribution in [0.3, 0.4) is 0 Å². The van der Waals surface area contributed by atoms with E-state index in [1.807, 2.05) is 6.26 Å². The summed E-state index contributed by atoms with van der Waals surface area (Å²) in [7, 11) is 0. The first kappa shape index (κ1) is 11.4. The van der Waals surface area contributed by atoms with Crippen LogP contribution in [-0.2, 0) is 6.54 Å². The molecule has 0 aliphatic rings. The van der Waals surface area contributed by atoms with Gasteiger partial charge in [-0.05, 0) is 13.2 Å². The van der Waals surface area contributed by atoms with Crippen LogP contribution in [0.4, 0.5) is 0 Å². The minimum Gasteiger partial charge on any atom is -0.392 e. The molecule has 5 heteroatoms. The second-order valence-electron chi connectivity index (χ2n) is 3.06. The molecule has 0 saturated heterocycles. The molecule has 0 unspecified atom stereocenters. The van der Waals surface area contributed by atoms with Crippen molar-refractivity contribution in [2.45, 2.75) is 24.7 Å². The topological polar surface area (TPSA) is 58.0 Å². The molecule has 14 heavy (non-hydrogen) atoms. The molecule has 2 N–H and O–H groups in total. The third-order valence-electron chi connectivity index (χ3n) is 1.63. The SMILES string of the molecule is CSc1ncc(CNC[C@@H](C)O)cn1. The first-order valence-electron chi connectivity index (χ1n) is 4.46. The van der Waals surface area contributed by atoms with Crippen molar-refractivity contribution >= 4 is 11.8 Å². The van der Waals surface area contributed by atoms with E-state index in [4.69, 9.17) is 5.11 Å². The maximum atomic E-state index is 9.02. The van der Waals surface area contributed by atoms with Crippen molar-refractivity contribution in [3.05, 3.63) is 18.0 Å². The number of hydrogen-bond donors (Lipinski definition) is 2. The van der Waals surface area contributed by atoms with Crippen molar-refractivity contribution in [1.29, 1.82) is 0 Å². The quantitative estimate of drug-likeness (QED) is 0.556. The lowest BCUT2D eigenvalue weighted by Crippen LogP contribution is -2.23. The van der Waals surface area contributed by atoms with Gasteiger partial charge in [0.05, 0.1) is 6.10 Å². The molecule has 0 radical (unpaired) electrons. The number of nitrogens with zero attached hydrogens (tertiary/aromatic N) is 2. The van der Waals surface area contributed by atoms with E-state index in [-0.39, 0.29) is 6.10 Å². The van der Waals surface area contributed by atoms with Crippen LogP contribution in [0.25, 0.3) is 0 Å². The van der Waals surface area contributed by atoms with Crippen molar-refractivity contribution in [3.8, 4) is 0 Å². The first-order chi connectivity index (χ1) is 6.72. The molecule has 0 bridgehead atoms. The van der Waals surface area contributed by atoms with E-state index in [2.05, 4.69) is 15.3 Å². The summed E-state index contributed by atoms with van der Waals surface area (Å²) >= 11 is 1.52. The molecule has 1 rings (SSSR count). The van der Waals surface area contributed by atoms with E-state index in [9.17, 15) is 0 Å². The Morgan fingerprint density at radius 3 is 2.64 bits per heavy atom. The average Bonchev–Trinajstić information content (AvgIpc) is 2.18. The Hall–Kier alpha value is -0.650. The number of aliphatic hydroxyl groups excluding tert-OH is 1. The largest absolute Gasteiger partial charge is 0.392 e. The summed E-state index contributed by atoms with van der Waals surface area (Å²) in [5.41, 5.74) is 1.03. The highest BCUT2D eigenvalue weighted by Gasteiger charge is 1.97. The van der Waals surface area contributed by atoms with Gasteiger partial charge in [-0.25, -0.2) is 9.97 Å². The number of aromatic nitrogens is 2. The van der Waals surface area contributed by atoms with E-state index in [1.54, 1.807) is 19.3 Å². The van der Waals surface area contributed by atoms with Gasteiger partial charge in [0.2, 0.25) is 0 Å². The van der Waals surface area contributed by atoms with Gasteiger partial charge in [0.1, 0.15) is 0 Å². The predicted octanol–water partition coefficient (Wildman–Crippen LogP) is 0.669. The Morgan fingerprint density at radius 1 is 1.50 bits per heavy atom. The molecule has 0 aliphatic heterocycles. The summed E-state index contributed by atoms with van der Waals surface area (Å²) in [4.78, 5) is 8.29. The normalized spacial score (nSPS) is 12.8. The number of rotatable bonds is 5. The van der Waals surface area contributed by atoms with Crippen LogP contribution in [0.2, 0.25) is 0 Å². The van der Waals surface area contributed by atoms with Gasteiger partial charge in [-0.2, -0.15) is 0 Å². The Bertz CT molecular complexity index is 263. The van der Waals surface area contributed by atoms with E-state index in [0.29, 0.717) is 13.1 Å². The van der Waals surface area contributed by atoms with Crippen LogP contribution in [0, 0.1) is 0 Å². The van der Waals surface area contributed by atoms with E-state index in [1.165, 1.54) is 11.8 Å². The summed E-state index contributed by atoms with van der Waals surface area (Å²) in [5.74, 6) is 0. The zero-order chi connectivity index (χ0) is 10.4. The highest BCUT2D eigenvalue weighted by atomic mass is 32.2. The zero-order valence-corrected chi connectivity index (χ0v) is 9.21. The van der Waals surface area contributed by atoms with Crippen LogP contribution in [-0.4, -0.2) is 34.0 Å². The maximum absolute atomic E-state index is 9.02. The molecule has 1 aromatic heterocycles. The minimum atomic E-state index is -0.318. The minimum absolute atomic E-state index is 0.318. The van der Waals surface area contributed by atoms with E-state index in [0.717, 1.165) is 10.7 Å². The molecular formula is C9H15N3OS. The van der Waals surface area contributed by atoms with Gasteiger partial charge in [0, 0.05) is 31.0 Å². The van der Waals surface area contributed by atoms with Crippen LogP contribution < -0.4 is 5.32 Å². The third kappa shape index (κ3) is 4.04. The van der Waals surface area contributed by atoms with Crippen LogP contribution in [0.5, 0.6) is 0 Å². The molecule has 0 aliphatic carbocycles. The smallest absolute Gasteiger partial charge is 0.187 e. The molecule has 0 fully saturated rings. The second-order valence-corrected chi connectivity index (χ2v) is 3.83. The summed E-state index contributed by atoms with van der Waals surface area (Å²) < 4.78 is 0. The molecule has 0 aromatic carbocycles. The number of thioether (sulfide) groups is 1. The Labute approximate surface area is 88.2 Å². The van der Waals surface area contributed by atoms with Crippen LogP contribution in [0.15, 0.2) is 17.6 Å². The molecule has 0 spiro atoms. The van der Waals surface area contributed by atoms with Crippen molar-refractivity contribution in [2.24, 2.45) is 0 Å². The summed E-state index contributed by atoms with van der Waals surface area (Å²) in [6.45, 7) is 3.03. The van der Waals surface area contributed by atoms with Gasteiger partial charge in [-0.15, -0.1) is 0 Å². The fourth-order valence-corrected chi connectivity index (χ4v) is 1.28.